The second-order valence-electron chi connectivity index (χ2n) is 4.84. The van der Waals surface area contributed by atoms with Crippen LogP contribution in [0.4, 0.5) is 0 Å². The summed E-state index contributed by atoms with van der Waals surface area (Å²) in [5.41, 5.74) is 3.76. The van der Waals surface area contributed by atoms with Crippen molar-refractivity contribution >= 4 is 5.91 Å². The van der Waals surface area contributed by atoms with Gasteiger partial charge in [0.25, 0.3) is 5.91 Å². The van der Waals surface area contributed by atoms with Crippen LogP contribution in [0.5, 0.6) is 0 Å². The van der Waals surface area contributed by atoms with Crippen LogP contribution in [0.1, 0.15) is 41.6 Å². The van der Waals surface area contributed by atoms with E-state index in [1.807, 2.05) is 12.1 Å². The molecule has 98 valence electrons. The number of nitrogen functional groups attached to an aromatic ring is 1. The van der Waals surface area contributed by atoms with Gasteiger partial charge in [-0.05, 0) is 36.5 Å². The standard InChI is InChI=1S/C14H20N2O2/c15-16-14(17)13-7-5-12(6-8-13)10-18-9-11-3-1-2-4-11/h5-8,11H,1-4,9-10,15H2,(H,16,17). The third kappa shape index (κ3) is 3.55. The molecule has 3 N–H and O–H groups in total. The van der Waals surface area contributed by atoms with Crippen LogP contribution in [0, 0.1) is 5.92 Å². The summed E-state index contributed by atoms with van der Waals surface area (Å²) in [6, 6.07) is 7.32. The van der Waals surface area contributed by atoms with Gasteiger partial charge in [-0.1, -0.05) is 25.0 Å². The van der Waals surface area contributed by atoms with E-state index in [4.69, 9.17) is 10.6 Å². The van der Waals surface area contributed by atoms with Gasteiger partial charge in [0.15, 0.2) is 0 Å². The summed E-state index contributed by atoms with van der Waals surface area (Å²) >= 11 is 0. The zero-order chi connectivity index (χ0) is 12.8. The van der Waals surface area contributed by atoms with E-state index < -0.39 is 0 Å². The van der Waals surface area contributed by atoms with E-state index in [1.165, 1.54) is 25.7 Å². The van der Waals surface area contributed by atoms with Crippen LogP contribution in [0.3, 0.4) is 0 Å². The SMILES string of the molecule is NNC(=O)c1ccc(COCC2CCCC2)cc1. The Morgan fingerprint density at radius 2 is 1.94 bits per heavy atom. The molecule has 0 aromatic heterocycles. The van der Waals surface area contributed by atoms with Crippen molar-refractivity contribution in [2.75, 3.05) is 6.61 Å². The van der Waals surface area contributed by atoms with Crippen molar-refractivity contribution in [1.82, 2.24) is 5.43 Å². The molecule has 0 heterocycles. The van der Waals surface area contributed by atoms with E-state index in [0.717, 1.165) is 18.1 Å². The van der Waals surface area contributed by atoms with Gasteiger partial charge >= 0.3 is 0 Å². The molecular formula is C14H20N2O2. The molecule has 1 aromatic rings. The summed E-state index contributed by atoms with van der Waals surface area (Å²) < 4.78 is 5.71. The Kier molecular flexibility index (Phi) is 4.73. The second kappa shape index (κ2) is 6.52. The Balaban J connectivity index is 1.77. The molecule has 1 aliphatic rings. The summed E-state index contributed by atoms with van der Waals surface area (Å²) in [6.07, 6.45) is 5.29. The lowest BCUT2D eigenvalue weighted by Crippen LogP contribution is -2.29. The van der Waals surface area contributed by atoms with Gasteiger partial charge in [-0.15, -0.1) is 0 Å². The predicted molar refractivity (Wildman–Crippen MR) is 69.7 cm³/mol. The molecule has 0 radical (unpaired) electrons. The maximum Gasteiger partial charge on any atom is 0.265 e. The van der Waals surface area contributed by atoms with Gasteiger partial charge < -0.3 is 4.74 Å². The van der Waals surface area contributed by atoms with Gasteiger partial charge in [-0.3, -0.25) is 10.2 Å². The Morgan fingerprint density at radius 3 is 2.56 bits per heavy atom. The highest BCUT2D eigenvalue weighted by atomic mass is 16.5. The number of rotatable bonds is 5. The zero-order valence-electron chi connectivity index (χ0n) is 10.5. The van der Waals surface area contributed by atoms with Gasteiger partial charge in [0.05, 0.1) is 6.61 Å². The Labute approximate surface area is 107 Å². The number of carbonyl (C=O) groups is 1. The highest BCUT2D eigenvalue weighted by molar-refractivity contribution is 5.93. The molecule has 4 heteroatoms. The van der Waals surface area contributed by atoms with E-state index in [1.54, 1.807) is 12.1 Å². The number of nitrogens with one attached hydrogen (secondary N) is 1. The Hall–Kier alpha value is -1.39. The van der Waals surface area contributed by atoms with Crippen molar-refractivity contribution < 1.29 is 9.53 Å². The fraction of sp³-hybridized carbons (Fsp3) is 0.500. The average Bonchev–Trinajstić information content (AvgIpc) is 2.92. The zero-order valence-corrected chi connectivity index (χ0v) is 10.5. The van der Waals surface area contributed by atoms with Crippen molar-refractivity contribution in [2.24, 2.45) is 11.8 Å². The van der Waals surface area contributed by atoms with Crippen LogP contribution in [-0.2, 0) is 11.3 Å². The van der Waals surface area contributed by atoms with E-state index >= 15 is 0 Å². The summed E-state index contributed by atoms with van der Waals surface area (Å²) in [5.74, 6) is 5.54. The first-order chi connectivity index (χ1) is 8.79. The molecule has 0 unspecified atom stereocenters. The minimum Gasteiger partial charge on any atom is -0.376 e. The Bertz CT molecular complexity index is 383. The number of ether oxygens (including phenoxy) is 1. The quantitative estimate of drug-likeness (QED) is 0.476. The number of nitrogens with two attached hydrogens (primary N) is 1. The summed E-state index contributed by atoms with van der Waals surface area (Å²) in [4.78, 5) is 11.2. The second-order valence-corrected chi connectivity index (χ2v) is 4.84. The van der Waals surface area contributed by atoms with Gasteiger partial charge in [0.1, 0.15) is 0 Å². The smallest absolute Gasteiger partial charge is 0.265 e. The lowest BCUT2D eigenvalue weighted by molar-refractivity contribution is 0.0887. The van der Waals surface area contributed by atoms with Crippen LogP contribution in [-0.4, -0.2) is 12.5 Å². The largest absolute Gasteiger partial charge is 0.376 e. The number of amides is 1. The van der Waals surface area contributed by atoms with Crippen LogP contribution in [0.2, 0.25) is 0 Å². The molecule has 0 spiro atoms. The molecule has 0 atom stereocenters. The number of hydrazine groups is 1. The first-order valence-corrected chi connectivity index (χ1v) is 6.47. The van der Waals surface area contributed by atoms with Crippen molar-refractivity contribution in [1.29, 1.82) is 0 Å². The fourth-order valence-electron chi connectivity index (χ4n) is 2.36. The molecular weight excluding hydrogens is 228 g/mol. The van der Waals surface area contributed by atoms with Gasteiger partial charge in [-0.2, -0.15) is 0 Å². The number of benzene rings is 1. The molecule has 0 aliphatic heterocycles. The van der Waals surface area contributed by atoms with Crippen molar-refractivity contribution in [3.05, 3.63) is 35.4 Å². The highest BCUT2D eigenvalue weighted by Crippen LogP contribution is 2.24. The molecule has 0 saturated heterocycles. The number of hydrogen-bond donors (Lipinski definition) is 2. The minimum absolute atomic E-state index is 0.270. The molecule has 1 aromatic carbocycles. The van der Waals surface area contributed by atoms with E-state index in [0.29, 0.717) is 12.2 Å². The molecule has 1 saturated carbocycles. The summed E-state index contributed by atoms with van der Waals surface area (Å²) in [6.45, 7) is 1.46. The highest BCUT2D eigenvalue weighted by Gasteiger charge is 2.14. The van der Waals surface area contributed by atoms with Gasteiger partial charge in [0.2, 0.25) is 0 Å². The van der Waals surface area contributed by atoms with Crippen molar-refractivity contribution in [3.63, 3.8) is 0 Å². The maximum atomic E-state index is 11.2. The molecule has 1 fully saturated rings. The van der Waals surface area contributed by atoms with Gasteiger partial charge in [0, 0.05) is 12.2 Å². The number of carbonyl (C=O) groups excluding carboxylic acids is 1. The van der Waals surface area contributed by atoms with Gasteiger partial charge in [-0.25, -0.2) is 5.84 Å². The average molecular weight is 248 g/mol. The first kappa shape index (κ1) is 13.1. The molecule has 1 aliphatic carbocycles. The van der Waals surface area contributed by atoms with E-state index in [-0.39, 0.29) is 5.91 Å². The van der Waals surface area contributed by atoms with E-state index in [2.05, 4.69) is 5.43 Å². The maximum absolute atomic E-state index is 11.2. The summed E-state index contributed by atoms with van der Waals surface area (Å²) in [7, 11) is 0. The summed E-state index contributed by atoms with van der Waals surface area (Å²) in [5, 5.41) is 0. The lowest BCUT2D eigenvalue weighted by Gasteiger charge is -2.10. The number of hydrogen-bond acceptors (Lipinski definition) is 3. The van der Waals surface area contributed by atoms with Crippen LogP contribution in [0.25, 0.3) is 0 Å². The lowest BCUT2D eigenvalue weighted by atomic mass is 10.1. The van der Waals surface area contributed by atoms with Crippen molar-refractivity contribution in [2.45, 2.75) is 32.3 Å². The van der Waals surface area contributed by atoms with E-state index in [9.17, 15) is 4.79 Å². The van der Waals surface area contributed by atoms with Crippen molar-refractivity contribution in [3.8, 4) is 0 Å². The normalized spacial score (nSPS) is 15.8. The topological polar surface area (TPSA) is 64.3 Å². The van der Waals surface area contributed by atoms with Crippen LogP contribution < -0.4 is 11.3 Å². The minimum atomic E-state index is -0.270. The predicted octanol–water partition coefficient (Wildman–Crippen LogP) is 2.00. The third-order valence-electron chi connectivity index (χ3n) is 3.44. The van der Waals surface area contributed by atoms with Crippen LogP contribution >= 0.6 is 0 Å². The third-order valence-corrected chi connectivity index (χ3v) is 3.44. The molecule has 18 heavy (non-hydrogen) atoms. The Morgan fingerprint density at radius 1 is 1.28 bits per heavy atom. The fourth-order valence-corrected chi connectivity index (χ4v) is 2.36. The monoisotopic (exact) mass is 248 g/mol. The molecule has 0 bridgehead atoms. The molecule has 4 nitrogen and oxygen atoms in total. The first-order valence-electron chi connectivity index (χ1n) is 6.47. The van der Waals surface area contributed by atoms with Crippen LogP contribution in [0.15, 0.2) is 24.3 Å². The molecule has 2 rings (SSSR count). The molecule has 1 amide bonds.